The van der Waals surface area contributed by atoms with Crippen LogP contribution in [0.15, 0.2) is 40.9 Å². The van der Waals surface area contributed by atoms with Crippen molar-refractivity contribution in [3.05, 3.63) is 40.8 Å². The minimum Gasteiger partial charge on any atom is -0.444 e. The van der Waals surface area contributed by atoms with Crippen LogP contribution in [0.3, 0.4) is 0 Å². The van der Waals surface area contributed by atoms with Crippen LogP contribution in [0, 0.1) is 0 Å². The molecule has 46 heavy (non-hydrogen) atoms. The Balaban J connectivity index is 1.80. The fraction of sp³-hybridized carbons (Fsp3) is 0.571. The number of halogens is 7. The molecular weight excluding hydrogens is 669 g/mol. The zero-order valence-electron chi connectivity index (χ0n) is 25.4. The molecule has 18 heteroatoms. The zero-order chi connectivity index (χ0) is 34.4. The van der Waals surface area contributed by atoms with E-state index in [9.17, 15) is 42.6 Å². The fourth-order valence-corrected chi connectivity index (χ4v) is 6.71. The highest BCUT2D eigenvalue weighted by Gasteiger charge is 2.65. The predicted molar refractivity (Wildman–Crippen MR) is 158 cm³/mol. The third kappa shape index (κ3) is 8.61. The van der Waals surface area contributed by atoms with Gasteiger partial charge in [-0.2, -0.15) is 0 Å². The summed E-state index contributed by atoms with van der Waals surface area (Å²) >= 11 is 0.920. The summed E-state index contributed by atoms with van der Waals surface area (Å²) in [4.78, 5) is 45.3. The molecule has 1 aromatic heterocycles. The molecule has 1 aromatic carbocycles. The Bertz CT molecular complexity index is 1430. The van der Waals surface area contributed by atoms with Gasteiger partial charge in [-0.1, -0.05) is 19.4 Å². The first-order valence-corrected chi connectivity index (χ1v) is 17.1. The van der Waals surface area contributed by atoms with Crippen LogP contribution >= 0.6 is 21.6 Å². The number of hydrogen-bond donors (Lipinski definition) is 1. The highest BCUT2D eigenvalue weighted by molar-refractivity contribution is 8.45. The number of likely N-dealkylation sites (tertiary alicyclic amines) is 1. The maximum absolute atomic E-state index is 14.5. The summed E-state index contributed by atoms with van der Waals surface area (Å²) in [5.41, 5.74) is -0.0109. The second kappa shape index (κ2) is 11.8. The van der Waals surface area contributed by atoms with Gasteiger partial charge in [0.25, 0.3) is 5.91 Å². The number of nitrogens with zero attached hydrogens (tertiary/aromatic N) is 3. The Morgan fingerprint density at radius 3 is 2.20 bits per heavy atom. The van der Waals surface area contributed by atoms with Crippen LogP contribution in [-0.4, -0.2) is 71.2 Å². The smallest absolute Gasteiger partial charge is 0.411 e. The molecule has 2 aromatic rings. The standard InChI is InChI=1S/C28H35F7N4O5S2/c1-27(2,3)44-26(42)38-15-19(43-4)13-21(38)25(41)39(18-5-7-20(8-6-18)46(31,32,33,34)35)23(22-14-36-16-45-22)24(40)37-17-9-11-28(29,30)12-10-17/h5-8,14,16-17,19,21,23H,9-13,15H2,1-4H3,(H,37,40)/t19-,21-,23?/m1/s1. The second-order valence-corrected chi connectivity index (χ2v) is 15.7. The number of nitrogens with one attached hydrogen (secondary N) is 1. The fourth-order valence-electron chi connectivity index (χ4n) is 5.35. The molecule has 0 radical (unpaired) electrons. The van der Waals surface area contributed by atoms with E-state index in [2.05, 4.69) is 10.3 Å². The van der Waals surface area contributed by atoms with Crippen molar-refractivity contribution in [2.24, 2.45) is 0 Å². The molecule has 1 N–H and O–H groups in total. The summed E-state index contributed by atoms with van der Waals surface area (Å²) in [6.07, 6.45) is -1.56. The van der Waals surface area contributed by atoms with Crippen LogP contribution in [0.5, 0.6) is 0 Å². The number of benzene rings is 1. The Kier molecular flexibility index (Phi) is 9.20. The number of amides is 3. The van der Waals surface area contributed by atoms with Crippen molar-refractivity contribution in [3.63, 3.8) is 0 Å². The number of methoxy groups -OCH3 is 1. The van der Waals surface area contributed by atoms with Gasteiger partial charge in [0.2, 0.25) is 11.8 Å². The second-order valence-electron chi connectivity index (χ2n) is 12.4. The largest absolute Gasteiger partial charge is 0.444 e. The quantitative estimate of drug-likeness (QED) is 0.284. The van der Waals surface area contributed by atoms with Crippen molar-refractivity contribution in [1.82, 2.24) is 15.2 Å². The Hall–Kier alpha value is -3.12. The number of aromatic nitrogens is 1. The van der Waals surface area contributed by atoms with E-state index >= 15 is 0 Å². The molecule has 2 heterocycles. The molecule has 1 aliphatic heterocycles. The average molecular weight is 705 g/mol. The van der Waals surface area contributed by atoms with Gasteiger partial charge in [0.15, 0.2) is 6.04 Å². The van der Waals surface area contributed by atoms with Crippen LogP contribution in [0.25, 0.3) is 0 Å². The highest BCUT2D eigenvalue weighted by atomic mass is 32.5. The zero-order valence-corrected chi connectivity index (χ0v) is 27.0. The van der Waals surface area contributed by atoms with E-state index in [1.165, 1.54) is 18.8 Å². The van der Waals surface area contributed by atoms with Crippen molar-refractivity contribution in [2.75, 3.05) is 18.6 Å². The van der Waals surface area contributed by atoms with Crippen LogP contribution in [0.4, 0.5) is 38.7 Å². The van der Waals surface area contributed by atoms with Gasteiger partial charge in [0, 0.05) is 44.3 Å². The Labute approximate surface area is 265 Å². The minimum absolute atomic E-state index is 0.0781. The predicted octanol–water partition coefficient (Wildman–Crippen LogP) is 7.59. The van der Waals surface area contributed by atoms with Gasteiger partial charge in [-0.15, -0.1) is 11.3 Å². The Morgan fingerprint density at radius 1 is 1.09 bits per heavy atom. The number of alkyl halides is 2. The van der Waals surface area contributed by atoms with Gasteiger partial charge >= 0.3 is 16.3 Å². The molecule has 1 aliphatic carbocycles. The number of ether oxygens (including phenoxy) is 2. The normalized spacial score (nSPS) is 22.8. The van der Waals surface area contributed by atoms with Crippen molar-refractivity contribution >= 4 is 45.2 Å². The summed E-state index contributed by atoms with van der Waals surface area (Å²) in [7, 11) is -8.76. The SMILES string of the molecule is CO[C@@H]1C[C@H](C(=O)N(c2ccc(S(F)(F)(F)(F)F)cc2)C(C(=O)NC2CCC(F)(F)CC2)c2cncs2)N(C(=O)OC(C)(C)C)C1. The van der Waals surface area contributed by atoms with E-state index in [0.717, 1.165) is 21.1 Å². The summed E-state index contributed by atoms with van der Waals surface area (Å²) in [5, 5.41) is 2.66. The van der Waals surface area contributed by atoms with Crippen LogP contribution in [-0.2, 0) is 19.1 Å². The molecule has 4 rings (SSSR count). The molecule has 1 unspecified atom stereocenters. The third-order valence-corrected chi connectivity index (χ3v) is 9.59. The first kappa shape index (κ1) is 35.7. The van der Waals surface area contributed by atoms with Crippen LogP contribution < -0.4 is 10.2 Å². The lowest BCUT2D eigenvalue weighted by molar-refractivity contribution is -0.129. The summed E-state index contributed by atoms with van der Waals surface area (Å²) < 4.78 is 106. The first-order chi connectivity index (χ1) is 21.0. The lowest BCUT2D eigenvalue weighted by Crippen LogP contribution is -2.53. The topological polar surface area (TPSA) is 101 Å². The summed E-state index contributed by atoms with van der Waals surface area (Å²) in [6, 6.07) is -2.21. The number of hydrogen-bond acceptors (Lipinski definition) is 7. The molecule has 0 bridgehead atoms. The van der Waals surface area contributed by atoms with Gasteiger partial charge in [-0.25, -0.2) is 13.6 Å². The molecular formula is C28H35F7N4O5S2. The van der Waals surface area contributed by atoms with E-state index in [4.69, 9.17) is 9.47 Å². The van der Waals surface area contributed by atoms with E-state index in [1.54, 1.807) is 20.8 Å². The summed E-state index contributed by atoms with van der Waals surface area (Å²) in [6.45, 7) is 4.70. The molecule has 9 nitrogen and oxygen atoms in total. The van der Waals surface area contributed by atoms with Crippen molar-refractivity contribution in [1.29, 1.82) is 0 Å². The van der Waals surface area contributed by atoms with Gasteiger partial charge in [-0.05, 0) is 57.9 Å². The van der Waals surface area contributed by atoms with Crippen LogP contribution in [0.2, 0.25) is 0 Å². The number of anilines is 1. The van der Waals surface area contributed by atoms with Crippen molar-refractivity contribution < 1.29 is 52.1 Å². The molecule has 1 saturated carbocycles. The van der Waals surface area contributed by atoms with Gasteiger partial charge in [-0.3, -0.25) is 24.4 Å². The number of rotatable bonds is 8. The Morgan fingerprint density at radius 2 is 1.70 bits per heavy atom. The lowest BCUT2D eigenvalue weighted by Gasteiger charge is -2.41. The van der Waals surface area contributed by atoms with Gasteiger partial charge in [0.1, 0.15) is 16.5 Å². The van der Waals surface area contributed by atoms with E-state index in [1.807, 2.05) is 0 Å². The first-order valence-electron chi connectivity index (χ1n) is 14.2. The molecule has 0 spiro atoms. The molecule has 1 saturated heterocycles. The highest BCUT2D eigenvalue weighted by Crippen LogP contribution is 3.02. The average Bonchev–Trinajstić information content (AvgIpc) is 3.61. The number of thiazole rings is 1. The van der Waals surface area contributed by atoms with Gasteiger partial charge in [0.05, 0.1) is 23.0 Å². The number of carbonyl (C=O) groups excluding carboxylic acids is 3. The minimum atomic E-state index is -10.1. The molecule has 3 atom stereocenters. The number of carbonyl (C=O) groups is 3. The van der Waals surface area contributed by atoms with E-state index < -0.39 is 81.6 Å². The molecule has 2 fully saturated rings. The molecule has 2 aliphatic rings. The van der Waals surface area contributed by atoms with Crippen LogP contribution in [0.1, 0.15) is 63.8 Å². The lowest BCUT2D eigenvalue weighted by atomic mass is 9.92. The van der Waals surface area contributed by atoms with E-state index in [-0.39, 0.29) is 48.5 Å². The van der Waals surface area contributed by atoms with Gasteiger partial charge < -0.3 is 14.8 Å². The molecule has 258 valence electrons. The maximum Gasteiger partial charge on any atom is 0.411 e. The maximum atomic E-state index is 14.5. The third-order valence-electron chi connectivity index (χ3n) is 7.60. The van der Waals surface area contributed by atoms with Crippen molar-refractivity contribution in [2.45, 2.75) is 93.5 Å². The molecule has 3 amide bonds. The monoisotopic (exact) mass is 704 g/mol. The van der Waals surface area contributed by atoms with Crippen molar-refractivity contribution in [3.8, 4) is 0 Å². The van der Waals surface area contributed by atoms with E-state index in [0.29, 0.717) is 12.1 Å². The summed E-state index contributed by atoms with van der Waals surface area (Å²) in [5.74, 6) is -4.72.